The van der Waals surface area contributed by atoms with Crippen LogP contribution in [0.3, 0.4) is 0 Å². The molecule has 0 bridgehead atoms. The lowest BCUT2D eigenvalue weighted by atomic mass is 10.2. The lowest BCUT2D eigenvalue weighted by Gasteiger charge is -2.36. The molecular weight excluding hydrogens is 451 g/mol. The van der Waals surface area contributed by atoms with E-state index in [1.54, 1.807) is 36.5 Å². The Hall–Kier alpha value is -4.28. The van der Waals surface area contributed by atoms with Gasteiger partial charge in [0, 0.05) is 57.7 Å². The van der Waals surface area contributed by atoms with E-state index in [9.17, 15) is 9.18 Å². The van der Waals surface area contributed by atoms with Crippen molar-refractivity contribution >= 4 is 24.4 Å². The van der Waals surface area contributed by atoms with Gasteiger partial charge in [0.1, 0.15) is 17.5 Å². The van der Waals surface area contributed by atoms with Crippen molar-refractivity contribution in [3.05, 3.63) is 59.7 Å². The summed E-state index contributed by atoms with van der Waals surface area (Å²) in [5.41, 5.74) is 3.21. The number of aromatic amines is 1. The van der Waals surface area contributed by atoms with Crippen LogP contribution in [0.2, 0.25) is 0 Å². The SMILES string of the molecule is C=Nc1[nH]c(-c2cnc(OC)nc2)cc1/C(=N\C)N1CCN(C(=O)NCc2ccc(F)cc2)CC1. The molecule has 1 aliphatic heterocycles. The third kappa shape index (κ3) is 5.45. The molecule has 0 aliphatic carbocycles. The lowest BCUT2D eigenvalue weighted by molar-refractivity contribution is 0.169. The topological polar surface area (TPSA) is 111 Å². The zero-order valence-corrected chi connectivity index (χ0v) is 19.7. The van der Waals surface area contributed by atoms with Gasteiger partial charge in [-0.1, -0.05) is 12.1 Å². The van der Waals surface area contributed by atoms with E-state index in [-0.39, 0.29) is 17.9 Å². The highest BCUT2D eigenvalue weighted by molar-refractivity contribution is 6.04. The van der Waals surface area contributed by atoms with Crippen LogP contribution in [0.1, 0.15) is 11.1 Å². The smallest absolute Gasteiger partial charge is 0.317 e. The number of urea groups is 1. The summed E-state index contributed by atoms with van der Waals surface area (Å²) in [4.78, 5) is 36.7. The van der Waals surface area contributed by atoms with Gasteiger partial charge in [0.25, 0.3) is 0 Å². The van der Waals surface area contributed by atoms with Crippen LogP contribution >= 0.6 is 0 Å². The van der Waals surface area contributed by atoms with Gasteiger partial charge >= 0.3 is 12.0 Å². The maximum atomic E-state index is 13.1. The van der Waals surface area contributed by atoms with E-state index < -0.39 is 0 Å². The molecule has 1 fully saturated rings. The minimum absolute atomic E-state index is 0.152. The number of hydrogen-bond acceptors (Lipinski definition) is 6. The normalized spacial score (nSPS) is 14.1. The number of nitrogens with one attached hydrogen (secondary N) is 2. The molecular formula is C24H27FN8O2. The average molecular weight is 479 g/mol. The third-order valence-corrected chi connectivity index (χ3v) is 5.75. The minimum Gasteiger partial charge on any atom is -0.467 e. The van der Waals surface area contributed by atoms with Crippen molar-refractivity contribution in [3.63, 3.8) is 0 Å². The number of carbonyl (C=O) groups is 1. The molecule has 4 rings (SSSR count). The van der Waals surface area contributed by atoms with Crippen molar-refractivity contribution in [2.45, 2.75) is 6.54 Å². The Morgan fingerprint density at radius 2 is 1.83 bits per heavy atom. The summed E-state index contributed by atoms with van der Waals surface area (Å²) in [6.07, 6.45) is 3.33. The Morgan fingerprint density at radius 1 is 1.17 bits per heavy atom. The summed E-state index contributed by atoms with van der Waals surface area (Å²) in [7, 11) is 3.24. The van der Waals surface area contributed by atoms with Crippen LogP contribution in [-0.2, 0) is 6.54 Å². The second kappa shape index (κ2) is 10.8. The summed E-state index contributed by atoms with van der Waals surface area (Å²) >= 11 is 0. The molecule has 1 saturated heterocycles. The molecule has 0 atom stereocenters. The van der Waals surface area contributed by atoms with Gasteiger partial charge in [-0.2, -0.15) is 0 Å². The number of piperazine rings is 1. The van der Waals surface area contributed by atoms with Gasteiger partial charge < -0.3 is 24.8 Å². The highest BCUT2D eigenvalue weighted by Crippen LogP contribution is 2.28. The molecule has 3 aromatic rings. The van der Waals surface area contributed by atoms with Crippen molar-refractivity contribution in [2.24, 2.45) is 9.98 Å². The average Bonchev–Trinajstić information content (AvgIpc) is 3.33. The Balaban J connectivity index is 1.40. The van der Waals surface area contributed by atoms with E-state index >= 15 is 0 Å². The van der Waals surface area contributed by atoms with Crippen LogP contribution in [0.25, 0.3) is 11.3 Å². The van der Waals surface area contributed by atoms with Crippen LogP contribution in [0.5, 0.6) is 6.01 Å². The summed E-state index contributed by atoms with van der Waals surface area (Å²) < 4.78 is 18.1. The maximum absolute atomic E-state index is 13.1. The molecule has 1 aromatic carbocycles. The standard InChI is InChI=1S/C24H27FN8O2/c1-26-21-19(12-20(31-21)17-14-28-23(35-3)29-15-17)22(27-2)32-8-10-33(11-9-32)24(34)30-13-16-4-6-18(25)7-5-16/h4-7,12,14-15,31H,1,8-11,13H2,2-3H3,(H,30,34)/b27-22+. The fourth-order valence-electron chi connectivity index (χ4n) is 3.90. The number of ether oxygens (including phenoxy) is 1. The third-order valence-electron chi connectivity index (χ3n) is 5.75. The number of carbonyl (C=O) groups excluding carboxylic acids is 1. The second-order valence-corrected chi connectivity index (χ2v) is 7.87. The Bertz CT molecular complexity index is 1200. The first-order valence-electron chi connectivity index (χ1n) is 11.1. The number of methoxy groups -OCH3 is 1. The van der Waals surface area contributed by atoms with Crippen molar-refractivity contribution < 1.29 is 13.9 Å². The molecule has 0 saturated carbocycles. The monoisotopic (exact) mass is 478 g/mol. The second-order valence-electron chi connectivity index (χ2n) is 7.87. The van der Waals surface area contributed by atoms with E-state index in [0.29, 0.717) is 38.5 Å². The Morgan fingerprint density at radius 3 is 2.43 bits per heavy atom. The number of hydrogen-bond donors (Lipinski definition) is 2. The van der Waals surface area contributed by atoms with Gasteiger partial charge in [-0.05, 0) is 30.5 Å². The Labute approximate surface area is 202 Å². The van der Waals surface area contributed by atoms with Gasteiger partial charge in [0.15, 0.2) is 0 Å². The molecule has 1 aliphatic rings. The van der Waals surface area contributed by atoms with E-state index in [2.05, 4.69) is 41.9 Å². The van der Waals surface area contributed by atoms with Crippen molar-refractivity contribution in [1.29, 1.82) is 0 Å². The van der Waals surface area contributed by atoms with Crippen LogP contribution in [0.4, 0.5) is 15.0 Å². The zero-order chi connectivity index (χ0) is 24.8. The number of H-pyrrole nitrogens is 1. The molecule has 182 valence electrons. The van der Waals surface area contributed by atoms with Crippen LogP contribution in [0.15, 0.2) is 52.7 Å². The largest absolute Gasteiger partial charge is 0.467 e. The first-order chi connectivity index (χ1) is 17.0. The number of aromatic nitrogens is 3. The summed E-state index contributed by atoms with van der Waals surface area (Å²) in [5.74, 6) is 1.05. The van der Waals surface area contributed by atoms with Crippen molar-refractivity contribution in [2.75, 3.05) is 40.3 Å². The highest BCUT2D eigenvalue weighted by Gasteiger charge is 2.26. The predicted octanol–water partition coefficient (Wildman–Crippen LogP) is 2.86. The zero-order valence-electron chi connectivity index (χ0n) is 19.7. The highest BCUT2D eigenvalue weighted by atomic mass is 19.1. The van der Waals surface area contributed by atoms with E-state index in [1.807, 2.05) is 6.07 Å². The van der Waals surface area contributed by atoms with Gasteiger partial charge in [-0.3, -0.25) is 4.99 Å². The van der Waals surface area contributed by atoms with E-state index in [4.69, 9.17) is 4.74 Å². The maximum Gasteiger partial charge on any atom is 0.317 e. The molecule has 2 amide bonds. The van der Waals surface area contributed by atoms with Gasteiger partial charge in [0.05, 0.1) is 18.4 Å². The van der Waals surface area contributed by atoms with Gasteiger partial charge in [-0.25, -0.2) is 24.1 Å². The number of aliphatic imine (C=N–C) groups is 2. The molecule has 0 unspecified atom stereocenters. The minimum atomic E-state index is -0.300. The molecule has 35 heavy (non-hydrogen) atoms. The fraction of sp³-hybridized carbons (Fsp3) is 0.292. The molecule has 11 heteroatoms. The van der Waals surface area contributed by atoms with E-state index in [0.717, 1.165) is 28.2 Å². The molecule has 2 N–H and O–H groups in total. The quantitative estimate of drug-likeness (QED) is 0.418. The molecule has 0 radical (unpaired) electrons. The lowest BCUT2D eigenvalue weighted by Crippen LogP contribution is -2.53. The number of nitrogens with zero attached hydrogens (tertiary/aromatic N) is 6. The van der Waals surface area contributed by atoms with E-state index in [1.165, 1.54) is 19.2 Å². The van der Waals surface area contributed by atoms with Crippen molar-refractivity contribution in [3.8, 4) is 17.3 Å². The first kappa shape index (κ1) is 23.9. The van der Waals surface area contributed by atoms with Crippen LogP contribution in [0, 0.1) is 5.82 Å². The fourth-order valence-corrected chi connectivity index (χ4v) is 3.90. The number of rotatable bonds is 6. The summed E-state index contributed by atoms with van der Waals surface area (Å²) in [5, 5.41) is 2.89. The summed E-state index contributed by atoms with van der Waals surface area (Å²) in [6, 6.07) is 8.16. The number of halogens is 1. The predicted molar refractivity (Wildman–Crippen MR) is 132 cm³/mol. The molecule has 3 heterocycles. The van der Waals surface area contributed by atoms with Crippen molar-refractivity contribution in [1.82, 2.24) is 30.1 Å². The number of amidine groups is 1. The molecule has 2 aromatic heterocycles. The first-order valence-corrected chi connectivity index (χ1v) is 11.1. The molecule has 10 nitrogen and oxygen atoms in total. The number of amides is 2. The van der Waals surface area contributed by atoms with Gasteiger partial charge in [0.2, 0.25) is 0 Å². The molecule has 0 spiro atoms. The van der Waals surface area contributed by atoms with Crippen LogP contribution in [-0.4, -0.2) is 83.7 Å². The summed E-state index contributed by atoms with van der Waals surface area (Å²) in [6.45, 7) is 6.32. The van der Waals surface area contributed by atoms with Gasteiger partial charge in [-0.15, -0.1) is 0 Å². The number of benzene rings is 1. The Kier molecular flexibility index (Phi) is 7.34. The van der Waals surface area contributed by atoms with Crippen LogP contribution < -0.4 is 10.1 Å².